The first-order chi connectivity index (χ1) is 13.2. The van der Waals surface area contributed by atoms with E-state index in [1.54, 1.807) is 7.05 Å². The number of likely N-dealkylation sites (N-methyl/N-ethyl adjacent to an activating group) is 1. The summed E-state index contributed by atoms with van der Waals surface area (Å²) in [6, 6.07) is 16.9. The first kappa shape index (κ1) is 21.8. The van der Waals surface area contributed by atoms with Crippen LogP contribution in [0.5, 0.6) is 5.75 Å². The Morgan fingerprint density at radius 2 is 1.79 bits per heavy atom. The van der Waals surface area contributed by atoms with Crippen molar-refractivity contribution in [2.24, 2.45) is 0 Å². The predicted molar refractivity (Wildman–Crippen MR) is 110 cm³/mol. The van der Waals surface area contributed by atoms with E-state index in [-0.39, 0.29) is 0 Å². The quantitative estimate of drug-likeness (QED) is 0.733. The Labute approximate surface area is 167 Å². The standard InChI is InChI=1S/C23H31NO4/c1-6-20(24(5)22(26)28-23(2,3)4)21(25)18-13-10-14-19(15-18)27-16-17-11-8-7-9-12-17/h7-15,20-21,25H,6,16H2,1-5H3/t20-,21-/m0/s1. The van der Waals surface area contributed by atoms with Crippen molar-refractivity contribution in [3.05, 3.63) is 65.7 Å². The van der Waals surface area contributed by atoms with Crippen molar-refractivity contribution >= 4 is 6.09 Å². The molecule has 2 aromatic rings. The van der Waals surface area contributed by atoms with Gasteiger partial charge in [0.05, 0.1) is 12.1 Å². The van der Waals surface area contributed by atoms with Crippen molar-refractivity contribution in [3.8, 4) is 5.75 Å². The largest absolute Gasteiger partial charge is 0.489 e. The van der Waals surface area contributed by atoms with Crippen LogP contribution in [0.2, 0.25) is 0 Å². The van der Waals surface area contributed by atoms with Crippen LogP contribution in [-0.2, 0) is 11.3 Å². The molecule has 0 aliphatic carbocycles. The second-order valence-corrected chi connectivity index (χ2v) is 7.86. The lowest BCUT2D eigenvalue weighted by Gasteiger charge is -2.33. The van der Waals surface area contributed by atoms with Crippen molar-refractivity contribution in [1.29, 1.82) is 0 Å². The summed E-state index contributed by atoms with van der Waals surface area (Å²) in [6.45, 7) is 7.86. The van der Waals surface area contributed by atoms with Crippen LogP contribution < -0.4 is 4.74 Å². The third-order valence-electron chi connectivity index (χ3n) is 4.41. The topological polar surface area (TPSA) is 59.0 Å². The summed E-state index contributed by atoms with van der Waals surface area (Å²) in [5.41, 5.74) is 1.19. The summed E-state index contributed by atoms with van der Waals surface area (Å²) in [5, 5.41) is 10.9. The molecule has 0 aliphatic rings. The number of hydrogen-bond acceptors (Lipinski definition) is 4. The van der Waals surface area contributed by atoms with Gasteiger partial charge in [-0.3, -0.25) is 0 Å². The number of hydrogen-bond donors (Lipinski definition) is 1. The fourth-order valence-electron chi connectivity index (χ4n) is 2.93. The summed E-state index contributed by atoms with van der Waals surface area (Å²) in [4.78, 5) is 13.9. The lowest BCUT2D eigenvalue weighted by atomic mass is 9.99. The molecule has 0 saturated carbocycles. The predicted octanol–water partition coefficient (Wildman–Crippen LogP) is 4.94. The van der Waals surface area contributed by atoms with Gasteiger partial charge in [0.25, 0.3) is 0 Å². The molecule has 1 amide bonds. The summed E-state index contributed by atoms with van der Waals surface area (Å²) < 4.78 is 11.3. The van der Waals surface area contributed by atoms with Gasteiger partial charge in [0.1, 0.15) is 18.0 Å². The minimum Gasteiger partial charge on any atom is -0.489 e. The molecule has 0 fully saturated rings. The number of nitrogens with zero attached hydrogens (tertiary/aromatic N) is 1. The summed E-state index contributed by atoms with van der Waals surface area (Å²) in [6.07, 6.45) is -0.705. The van der Waals surface area contributed by atoms with Crippen molar-refractivity contribution < 1.29 is 19.4 Å². The Morgan fingerprint density at radius 3 is 2.39 bits per heavy atom. The molecule has 0 unspecified atom stereocenters. The fraction of sp³-hybridized carbons (Fsp3) is 0.435. The van der Waals surface area contributed by atoms with E-state index in [2.05, 4.69) is 0 Å². The van der Waals surface area contributed by atoms with Gasteiger partial charge < -0.3 is 19.5 Å². The Morgan fingerprint density at radius 1 is 1.11 bits per heavy atom. The van der Waals surface area contributed by atoms with Crippen LogP contribution in [0.25, 0.3) is 0 Å². The van der Waals surface area contributed by atoms with E-state index < -0.39 is 23.8 Å². The van der Waals surface area contributed by atoms with Crippen molar-refractivity contribution in [1.82, 2.24) is 4.90 Å². The number of benzene rings is 2. The highest BCUT2D eigenvalue weighted by Crippen LogP contribution is 2.27. The molecule has 0 aliphatic heterocycles. The molecule has 2 aromatic carbocycles. The molecule has 5 heteroatoms. The highest BCUT2D eigenvalue weighted by molar-refractivity contribution is 5.68. The summed E-state index contributed by atoms with van der Waals surface area (Å²) >= 11 is 0. The molecular formula is C23H31NO4. The van der Waals surface area contributed by atoms with E-state index >= 15 is 0 Å². The van der Waals surface area contributed by atoms with Crippen LogP contribution in [0.1, 0.15) is 51.3 Å². The molecule has 152 valence electrons. The van der Waals surface area contributed by atoms with Crippen LogP contribution in [0, 0.1) is 0 Å². The molecule has 5 nitrogen and oxygen atoms in total. The van der Waals surface area contributed by atoms with Gasteiger partial charge >= 0.3 is 6.09 Å². The van der Waals surface area contributed by atoms with E-state index in [4.69, 9.17) is 9.47 Å². The first-order valence-electron chi connectivity index (χ1n) is 9.62. The molecule has 0 aromatic heterocycles. The summed E-state index contributed by atoms with van der Waals surface area (Å²) in [7, 11) is 1.65. The molecule has 1 N–H and O–H groups in total. The van der Waals surface area contributed by atoms with Gasteiger partial charge in [-0.25, -0.2) is 4.79 Å². The zero-order valence-electron chi connectivity index (χ0n) is 17.4. The average Bonchev–Trinajstić information content (AvgIpc) is 2.66. The Balaban J connectivity index is 2.08. The van der Waals surface area contributed by atoms with Crippen molar-refractivity contribution in [3.63, 3.8) is 0 Å². The number of aliphatic hydroxyl groups is 1. The number of aliphatic hydroxyl groups excluding tert-OH is 1. The number of ether oxygens (including phenoxy) is 2. The molecule has 0 saturated heterocycles. The lowest BCUT2D eigenvalue weighted by molar-refractivity contribution is 0.000787. The third-order valence-corrected chi connectivity index (χ3v) is 4.41. The normalized spacial score (nSPS) is 13.5. The van der Waals surface area contributed by atoms with E-state index in [0.29, 0.717) is 24.3 Å². The number of carbonyl (C=O) groups is 1. The molecule has 2 atom stereocenters. The molecular weight excluding hydrogens is 354 g/mol. The Kier molecular flexibility index (Phi) is 7.46. The zero-order chi connectivity index (χ0) is 20.7. The molecule has 28 heavy (non-hydrogen) atoms. The van der Waals surface area contributed by atoms with Gasteiger partial charge in [-0.15, -0.1) is 0 Å². The van der Waals surface area contributed by atoms with Crippen LogP contribution in [0.15, 0.2) is 54.6 Å². The van der Waals surface area contributed by atoms with Gasteiger partial charge in [-0.1, -0.05) is 49.4 Å². The van der Waals surface area contributed by atoms with E-state index in [1.165, 1.54) is 4.90 Å². The number of amides is 1. The average molecular weight is 386 g/mol. The fourth-order valence-corrected chi connectivity index (χ4v) is 2.93. The maximum absolute atomic E-state index is 12.4. The third kappa shape index (κ3) is 6.27. The first-order valence-corrected chi connectivity index (χ1v) is 9.62. The highest BCUT2D eigenvalue weighted by Gasteiger charge is 2.30. The van der Waals surface area contributed by atoms with Crippen LogP contribution in [0.4, 0.5) is 4.79 Å². The second-order valence-electron chi connectivity index (χ2n) is 7.86. The Bertz CT molecular complexity index is 755. The van der Waals surface area contributed by atoms with Gasteiger partial charge in [0.2, 0.25) is 0 Å². The van der Waals surface area contributed by atoms with Gasteiger partial charge in [-0.05, 0) is 50.5 Å². The maximum Gasteiger partial charge on any atom is 0.410 e. The summed E-state index contributed by atoms with van der Waals surface area (Å²) in [5.74, 6) is 0.676. The van der Waals surface area contributed by atoms with Crippen LogP contribution >= 0.6 is 0 Å². The number of carbonyl (C=O) groups excluding carboxylic acids is 1. The van der Waals surface area contributed by atoms with Crippen LogP contribution in [0.3, 0.4) is 0 Å². The van der Waals surface area contributed by atoms with Crippen molar-refractivity contribution in [2.75, 3.05) is 7.05 Å². The SMILES string of the molecule is CC[C@@H]([C@@H](O)c1cccc(OCc2ccccc2)c1)N(C)C(=O)OC(C)(C)C. The highest BCUT2D eigenvalue weighted by atomic mass is 16.6. The molecule has 0 bridgehead atoms. The van der Waals surface area contributed by atoms with E-state index in [9.17, 15) is 9.90 Å². The van der Waals surface area contributed by atoms with Gasteiger partial charge in [-0.2, -0.15) is 0 Å². The monoisotopic (exact) mass is 385 g/mol. The van der Waals surface area contributed by atoms with Gasteiger partial charge in [0, 0.05) is 7.05 Å². The van der Waals surface area contributed by atoms with E-state index in [1.807, 2.05) is 82.3 Å². The smallest absolute Gasteiger partial charge is 0.410 e. The van der Waals surface area contributed by atoms with E-state index in [0.717, 1.165) is 5.56 Å². The van der Waals surface area contributed by atoms with Crippen LogP contribution in [-0.4, -0.2) is 34.8 Å². The lowest BCUT2D eigenvalue weighted by Crippen LogP contribution is -2.43. The molecule has 0 heterocycles. The number of rotatable bonds is 7. The Hall–Kier alpha value is -2.53. The zero-order valence-corrected chi connectivity index (χ0v) is 17.4. The molecule has 2 rings (SSSR count). The van der Waals surface area contributed by atoms with Gasteiger partial charge in [0.15, 0.2) is 0 Å². The van der Waals surface area contributed by atoms with Crippen molar-refractivity contribution in [2.45, 2.75) is 58.5 Å². The molecule has 0 radical (unpaired) electrons. The minimum atomic E-state index is -0.845. The maximum atomic E-state index is 12.4. The second kappa shape index (κ2) is 9.60. The minimum absolute atomic E-state index is 0.403. The molecule has 0 spiro atoms.